The van der Waals surface area contributed by atoms with Gasteiger partial charge in [0.15, 0.2) is 0 Å². The third kappa shape index (κ3) is 3.01. The van der Waals surface area contributed by atoms with E-state index in [1.807, 2.05) is 20.8 Å². The summed E-state index contributed by atoms with van der Waals surface area (Å²) in [6, 6.07) is 0. The number of rotatable bonds is 4. The molecule has 0 aromatic carbocycles. The van der Waals surface area contributed by atoms with Crippen molar-refractivity contribution in [1.82, 2.24) is 0 Å². The third-order valence-electron chi connectivity index (χ3n) is 2.09. The van der Waals surface area contributed by atoms with Gasteiger partial charge in [-0.25, -0.2) is 0 Å². The smallest absolute Gasteiger partial charge is 0.229 e. The van der Waals surface area contributed by atoms with Crippen molar-refractivity contribution in [3.63, 3.8) is 0 Å². The Kier molecular flexibility index (Phi) is 3.92. The summed E-state index contributed by atoms with van der Waals surface area (Å²) in [6.45, 7) is 6.27. The van der Waals surface area contributed by atoms with Crippen LogP contribution in [0, 0.1) is 5.92 Å². The predicted octanol–water partition coefficient (Wildman–Crippen LogP) is 1.74. The van der Waals surface area contributed by atoms with E-state index in [1.165, 1.54) is 0 Å². The van der Waals surface area contributed by atoms with Crippen LogP contribution in [0.25, 0.3) is 0 Å². The molecule has 14 heavy (non-hydrogen) atoms. The lowest BCUT2D eigenvalue weighted by Gasteiger charge is -2.08. The maximum atomic E-state index is 11.4. The number of oxime groups is 1. The van der Waals surface area contributed by atoms with Crippen molar-refractivity contribution in [3.05, 3.63) is 0 Å². The highest BCUT2D eigenvalue weighted by Crippen LogP contribution is 2.16. The molecule has 0 amide bonds. The molecule has 0 aliphatic carbocycles. The molecular weight excluding hydrogens is 182 g/mol. The maximum Gasteiger partial charge on any atom is 0.229 e. The summed E-state index contributed by atoms with van der Waals surface area (Å²) < 4.78 is 5.19. The minimum absolute atomic E-state index is 0.0646. The first-order valence-corrected chi connectivity index (χ1v) is 5.01. The average Bonchev–Trinajstić information content (AvgIpc) is 2.53. The fourth-order valence-corrected chi connectivity index (χ4v) is 1.22. The highest BCUT2D eigenvalue weighted by Gasteiger charge is 2.25. The fourth-order valence-electron chi connectivity index (χ4n) is 1.22. The van der Waals surface area contributed by atoms with Crippen molar-refractivity contribution in [1.29, 1.82) is 0 Å². The van der Waals surface area contributed by atoms with Crippen molar-refractivity contribution < 1.29 is 14.4 Å². The van der Waals surface area contributed by atoms with Gasteiger partial charge in [0.1, 0.15) is 11.9 Å². The Morgan fingerprint density at radius 1 is 1.71 bits per heavy atom. The molecule has 0 bridgehead atoms. The molecule has 1 aliphatic heterocycles. The number of ether oxygens (including phenoxy) is 1. The van der Waals surface area contributed by atoms with Gasteiger partial charge in [0.25, 0.3) is 0 Å². The molecule has 0 aromatic heterocycles. The maximum absolute atomic E-state index is 11.4. The van der Waals surface area contributed by atoms with Crippen LogP contribution in [0.4, 0.5) is 0 Å². The Labute approximate surface area is 84.3 Å². The monoisotopic (exact) mass is 199 g/mol. The average molecular weight is 199 g/mol. The number of carbonyl (C=O) groups excluding carboxylic acids is 1. The van der Waals surface area contributed by atoms with Gasteiger partial charge in [-0.15, -0.1) is 0 Å². The van der Waals surface area contributed by atoms with Gasteiger partial charge in [-0.1, -0.05) is 19.0 Å². The Morgan fingerprint density at radius 2 is 2.43 bits per heavy atom. The molecule has 1 atom stereocenters. The van der Waals surface area contributed by atoms with Crippen LogP contribution in [0.3, 0.4) is 0 Å². The van der Waals surface area contributed by atoms with E-state index in [1.54, 1.807) is 0 Å². The molecule has 0 radical (unpaired) electrons. The molecular formula is C10H17NO3. The van der Waals surface area contributed by atoms with Crippen molar-refractivity contribution >= 4 is 11.7 Å². The van der Waals surface area contributed by atoms with Gasteiger partial charge >= 0.3 is 0 Å². The molecule has 0 saturated carbocycles. The topological polar surface area (TPSA) is 47.9 Å². The highest BCUT2D eigenvalue weighted by atomic mass is 16.7. The number of nitrogens with zero attached hydrogens (tertiary/aromatic N) is 1. The number of carbonyl (C=O) groups is 1. The summed E-state index contributed by atoms with van der Waals surface area (Å²) >= 11 is 0. The second-order valence-corrected chi connectivity index (χ2v) is 3.67. The van der Waals surface area contributed by atoms with Gasteiger partial charge in [0, 0.05) is 12.3 Å². The van der Waals surface area contributed by atoms with E-state index in [-0.39, 0.29) is 17.8 Å². The van der Waals surface area contributed by atoms with Crippen molar-refractivity contribution in [2.24, 2.45) is 11.1 Å². The Morgan fingerprint density at radius 3 is 3.00 bits per heavy atom. The van der Waals surface area contributed by atoms with Gasteiger partial charge in [-0.3, -0.25) is 4.79 Å². The fraction of sp³-hybridized carbons (Fsp3) is 0.800. The lowest BCUT2D eigenvalue weighted by molar-refractivity contribution is -0.124. The second kappa shape index (κ2) is 4.98. The van der Waals surface area contributed by atoms with Crippen LogP contribution in [-0.2, 0) is 14.4 Å². The summed E-state index contributed by atoms with van der Waals surface area (Å²) in [4.78, 5) is 16.5. The molecule has 1 aliphatic rings. The molecule has 4 nitrogen and oxygen atoms in total. The summed E-state index contributed by atoms with van der Waals surface area (Å²) in [5.74, 6) is 0.881. The Balaban J connectivity index is 2.28. The molecule has 0 saturated heterocycles. The number of hydrogen-bond donors (Lipinski definition) is 0. The van der Waals surface area contributed by atoms with Gasteiger partial charge in [0.05, 0.1) is 13.0 Å². The summed E-state index contributed by atoms with van der Waals surface area (Å²) in [5.41, 5.74) is 0. The molecule has 80 valence electrons. The minimum Gasteiger partial charge on any atom is -0.479 e. The molecule has 0 aromatic rings. The standard InChI is InChI=1S/C10H17NO3/c1-4-13-10-6-8(14-11-10)5-9(12)7(2)3/h7-8H,4-6H2,1-3H3/t8-/m0/s1. The van der Waals surface area contributed by atoms with Gasteiger partial charge < -0.3 is 9.57 Å². The molecule has 0 fully saturated rings. The zero-order valence-electron chi connectivity index (χ0n) is 8.95. The zero-order valence-corrected chi connectivity index (χ0v) is 8.95. The summed E-state index contributed by atoms with van der Waals surface area (Å²) in [7, 11) is 0. The molecule has 4 heteroatoms. The number of ketones is 1. The Bertz CT molecular complexity index is 236. The predicted molar refractivity (Wildman–Crippen MR) is 53.0 cm³/mol. The number of Topliss-reactive ketones (excluding diaryl/α,β-unsaturated/α-hetero) is 1. The zero-order chi connectivity index (χ0) is 10.6. The Hall–Kier alpha value is -1.06. The first-order valence-electron chi connectivity index (χ1n) is 5.01. The molecule has 0 spiro atoms. The summed E-state index contributed by atoms with van der Waals surface area (Å²) in [5, 5.41) is 3.76. The van der Waals surface area contributed by atoms with E-state index < -0.39 is 0 Å². The number of hydrogen-bond acceptors (Lipinski definition) is 4. The largest absolute Gasteiger partial charge is 0.479 e. The third-order valence-corrected chi connectivity index (χ3v) is 2.09. The van der Waals surface area contributed by atoms with Crippen LogP contribution in [0.5, 0.6) is 0 Å². The SMILES string of the molecule is CCOC1=NO[C@@H](CC(=O)C(C)C)C1. The van der Waals surface area contributed by atoms with E-state index in [0.717, 1.165) is 0 Å². The quantitative estimate of drug-likeness (QED) is 0.693. The van der Waals surface area contributed by atoms with E-state index in [4.69, 9.17) is 9.57 Å². The van der Waals surface area contributed by atoms with Crippen LogP contribution in [0.2, 0.25) is 0 Å². The summed E-state index contributed by atoms with van der Waals surface area (Å²) in [6.07, 6.45) is 0.927. The first-order chi connectivity index (χ1) is 6.63. The van der Waals surface area contributed by atoms with Crippen LogP contribution in [0.15, 0.2) is 5.16 Å². The van der Waals surface area contributed by atoms with Crippen LogP contribution in [-0.4, -0.2) is 24.4 Å². The normalized spacial score (nSPS) is 20.6. The van der Waals surface area contributed by atoms with Crippen molar-refractivity contribution in [3.8, 4) is 0 Å². The van der Waals surface area contributed by atoms with Crippen LogP contribution >= 0.6 is 0 Å². The van der Waals surface area contributed by atoms with E-state index in [0.29, 0.717) is 25.3 Å². The molecule has 0 N–H and O–H groups in total. The lowest BCUT2D eigenvalue weighted by atomic mass is 10.0. The molecule has 1 heterocycles. The van der Waals surface area contributed by atoms with Crippen molar-refractivity contribution in [2.75, 3.05) is 6.61 Å². The van der Waals surface area contributed by atoms with Gasteiger partial charge in [0.2, 0.25) is 5.90 Å². The lowest BCUT2D eigenvalue weighted by Crippen LogP contribution is -2.18. The van der Waals surface area contributed by atoms with Gasteiger partial charge in [-0.2, -0.15) is 0 Å². The van der Waals surface area contributed by atoms with E-state index in [9.17, 15) is 4.79 Å². The van der Waals surface area contributed by atoms with Gasteiger partial charge in [-0.05, 0) is 6.92 Å². The minimum atomic E-state index is -0.119. The highest BCUT2D eigenvalue weighted by molar-refractivity contribution is 5.83. The van der Waals surface area contributed by atoms with Crippen LogP contribution in [0.1, 0.15) is 33.6 Å². The first kappa shape index (κ1) is 11.0. The molecule has 0 unspecified atom stereocenters. The second-order valence-electron chi connectivity index (χ2n) is 3.67. The molecule has 1 rings (SSSR count). The van der Waals surface area contributed by atoms with Crippen molar-refractivity contribution in [2.45, 2.75) is 39.7 Å². The van der Waals surface area contributed by atoms with Crippen LogP contribution < -0.4 is 0 Å². The van der Waals surface area contributed by atoms with E-state index >= 15 is 0 Å². The van der Waals surface area contributed by atoms with E-state index in [2.05, 4.69) is 5.16 Å².